The van der Waals surface area contributed by atoms with Gasteiger partial charge in [0, 0.05) is 58.9 Å². The van der Waals surface area contributed by atoms with Gasteiger partial charge in [0.05, 0.1) is 0 Å². The molecule has 1 saturated heterocycles. The third kappa shape index (κ3) is 9.85. The standard InChI is InChI=1S/C48H26F26N8O4/c49-37(50,39(53,54)41(57,58)43(61,62)45(65,66)47(69,70)71)19-83-35-77-31(21-9-11-29-25(17-21)23-5-1-3-7-27(23)85-29)75-33(79-35)81-13-15-82(16-14-81)34-76-32(22-10-12-30-26(18-22)24-6-2-4-8-28(24)86-30)78-36(80-34)84-20-38(51,52)40(55,56)42(59,60)44(63,64)46(67,68)48(72,73)74/h1-12,17-18H,13-16,19-20H2. The first-order chi connectivity index (χ1) is 39.4. The molecule has 1 fully saturated rings. The summed E-state index contributed by atoms with van der Waals surface area (Å²) in [6, 6.07) is 16.8. The van der Waals surface area contributed by atoms with Crippen LogP contribution in [0.25, 0.3) is 66.7 Å². The normalized spacial score (nSPS) is 15.4. The summed E-state index contributed by atoms with van der Waals surface area (Å²) >= 11 is 0. The predicted octanol–water partition coefficient (Wildman–Crippen LogP) is 14.8. The monoisotopic (exact) mass is 1270 g/mol. The second kappa shape index (κ2) is 20.2. The average molecular weight is 1270 g/mol. The van der Waals surface area contributed by atoms with Crippen LogP contribution in [0.4, 0.5) is 126 Å². The van der Waals surface area contributed by atoms with Gasteiger partial charge in [-0.25, -0.2) is 0 Å². The fraction of sp³-hybridized carbons (Fsp3) is 0.375. The highest BCUT2D eigenvalue weighted by Gasteiger charge is 2.92. The molecule has 1 aliphatic rings. The fourth-order valence-electron chi connectivity index (χ4n) is 8.29. The Bertz CT molecular complexity index is 3610. The minimum Gasteiger partial charge on any atom is -0.457 e. The van der Waals surface area contributed by atoms with Crippen molar-refractivity contribution < 1.29 is 132 Å². The number of alkyl halides is 26. The predicted molar refractivity (Wildman–Crippen MR) is 242 cm³/mol. The maximum atomic E-state index is 15.0. The van der Waals surface area contributed by atoms with Gasteiger partial charge in [-0.1, -0.05) is 36.4 Å². The highest BCUT2D eigenvalue weighted by Crippen LogP contribution is 2.62. The molecule has 0 amide bonds. The van der Waals surface area contributed by atoms with E-state index in [-0.39, 0.29) is 44.2 Å². The molecule has 0 radical (unpaired) electrons. The number of ether oxygens (including phenoxy) is 2. The minimum atomic E-state index is -8.25. The number of anilines is 2. The van der Waals surface area contributed by atoms with E-state index in [0.29, 0.717) is 10.8 Å². The van der Waals surface area contributed by atoms with Crippen molar-refractivity contribution in [2.75, 3.05) is 49.2 Å². The van der Waals surface area contributed by atoms with E-state index >= 15 is 17.6 Å². The Morgan fingerprint density at radius 3 is 0.965 bits per heavy atom. The summed E-state index contributed by atoms with van der Waals surface area (Å²) in [6.45, 7) is -8.69. The summed E-state index contributed by atoms with van der Waals surface area (Å²) in [4.78, 5) is 25.1. The van der Waals surface area contributed by atoms with Gasteiger partial charge in [0.25, 0.3) is 0 Å². The van der Waals surface area contributed by atoms with Gasteiger partial charge in [-0.15, -0.1) is 0 Å². The molecule has 8 aromatic rings. The number of halogens is 26. The molecular weight excluding hydrogens is 1250 g/mol. The van der Waals surface area contributed by atoms with E-state index in [1.807, 2.05) is 0 Å². The molecule has 5 heterocycles. The highest BCUT2D eigenvalue weighted by atomic mass is 19.4. The van der Waals surface area contributed by atoms with Crippen molar-refractivity contribution in [1.29, 1.82) is 0 Å². The Kier molecular flexibility index (Phi) is 14.7. The molecule has 0 N–H and O–H groups in total. The van der Waals surface area contributed by atoms with Crippen LogP contribution >= 0.6 is 0 Å². The lowest BCUT2D eigenvalue weighted by atomic mass is 9.94. The second-order valence-electron chi connectivity index (χ2n) is 18.7. The lowest BCUT2D eigenvalue weighted by Crippen LogP contribution is -2.70. The Morgan fingerprint density at radius 1 is 0.337 bits per heavy atom. The summed E-state index contributed by atoms with van der Waals surface area (Å²) in [7, 11) is 0. The second-order valence-corrected chi connectivity index (χ2v) is 18.7. The lowest BCUT2D eigenvalue weighted by Gasteiger charge is -2.39. The van der Waals surface area contributed by atoms with Crippen molar-refractivity contribution in [3.8, 4) is 34.8 Å². The molecule has 1 aliphatic heterocycles. The summed E-state index contributed by atoms with van der Waals surface area (Å²) in [6.07, 6.45) is -15.4. The Labute approximate surface area is 458 Å². The number of hydrogen-bond acceptors (Lipinski definition) is 12. The molecule has 9 rings (SSSR count). The van der Waals surface area contributed by atoms with Crippen LogP contribution in [0, 0.1) is 0 Å². The molecule has 0 unspecified atom stereocenters. The van der Waals surface area contributed by atoms with Crippen molar-refractivity contribution in [2.24, 2.45) is 0 Å². The van der Waals surface area contributed by atoms with Crippen LogP contribution in [-0.4, -0.2) is 141 Å². The number of piperazine rings is 1. The molecule has 12 nitrogen and oxygen atoms in total. The van der Waals surface area contributed by atoms with E-state index in [9.17, 15) is 96.6 Å². The zero-order valence-electron chi connectivity index (χ0n) is 41.4. The smallest absolute Gasteiger partial charge is 0.457 e. The van der Waals surface area contributed by atoms with Crippen LogP contribution in [0.15, 0.2) is 93.8 Å². The maximum Gasteiger partial charge on any atom is 0.460 e. The van der Waals surface area contributed by atoms with Crippen LogP contribution in [0.3, 0.4) is 0 Å². The molecule has 4 aromatic heterocycles. The van der Waals surface area contributed by atoms with Crippen molar-refractivity contribution in [1.82, 2.24) is 29.9 Å². The van der Waals surface area contributed by atoms with Crippen LogP contribution in [0.2, 0.25) is 0 Å². The zero-order valence-corrected chi connectivity index (χ0v) is 41.4. The van der Waals surface area contributed by atoms with Crippen LogP contribution < -0.4 is 19.3 Å². The number of para-hydroxylation sites is 2. The molecule has 464 valence electrons. The molecule has 86 heavy (non-hydrogen) atoms. The topological polar surface area (TPSA) is 129 Å². The number of hydrogen-bond donors (Lipinski definition) is 0. The van der Waals surface area contributed by atoms with Gasteiger partial charge in [0.2, 0.25) is 11.9 Å². The Hall–Kier alpha value is -8.12. The van der Waals surface area contributed by atoms with Gasteiger partial charge in [0.15, 0.2) is 24.9 Å². The van der Waals surface area contributed by atoms with E-state index in [0.717, 1.165) is 9.80 Å². The van der Waals surface area contributed by atoms with E-state index in [4.69, 9.17) is 8.83 Å². The number of rotatable bonds is 18. The third-order valence-electron chi connectivity index (χ3n) is 13.1. The fourth-order valence-corrected chi connectivity index (χ4v) is 8.29. The quantitative estimate of drug-likeness (QED) is 0.0759. The van der Waals surface area contributed by atoms with Crippen molar-refractivity contribution >= 4 is 55.8 Å². The molecule has 4 aromatic carbocycles. The van der Waals surface area contributed by atoms with Crippen molar-refractivity contribution in [3.05, 3.63) is 84.9 Å². The number of benzene rings is 4. The van der Waals surface area contributed by atoms with E-state index < -0.39 is 147 Å². The van der Waals surface area contributed by atoms with Crippen molar-refractivity contribution in [3.63, 3.8) is 0 Å². The summed E-state index contributed by atoms with van der Waals surface area (Å²) < 4.78 is 384. The number of fused-ring (bicyclic) bond motifs is 6. The SMILES string of the molecule is FC(F)(F)C(F)(F)C(F)(F)C(F)(F)C(F)(F)C(F)(F)COc1nc(-c2ccc3oc4ccccc4c3c2)nc(N2CCN(c3nc(OCC(F)(F)C(F)(F)C(F)(F)C(F)(F)C(F)(F)C(F)(F)F)nc(-c4ccc5oc6ccccc6c5c4)n3)CC2)n1. The Morgan fingerprint density at radius 2 is 0.640 bits per heavy atom. The van der Waals surface area contributed by atoms with Crippen LogP contribution in [0.1, 0.15) is 0 Å². The van der Waals surface area contributed by atoms with Gasteiger partial charge in [0.1, 0.15) is 22.3 Å². The summed E-state index contributed by atoms with van der Waals surface area (Å²) in [5, 5.41) is 1.39. The minimum absolute atomic E-state index is 0.152. The van der Waals surface area contributed by atoms with Gasteiger partial charge in [-0.2, -0.15) is 144 Å². The van der Waals surface area contributed by atoms with Crippen molar-refractivity contribution in [2.45, 2.75) is 71.6 Å². The summed E-state index contributed by atoms with van der Waals surface area (Å²) in [5.74, 6) is -81.0. The lowest BCUT2D eigenvalue weighted by molar-refractivity contribution is -0.440. The van der Waals surface area contributed by atoms with Gasteiger partial charge >= 0.3 is 83.6 Å². The maximum absolute atomic E-state index is 15.0. The average Bonchev–Trinajstić information content (AvgIpc) is 1.04. The molecule has 0 saturated carbocycles. The van der Waals surface area contributed by atoms with E-state index in [1.54, 1.807) is 36.4 Å². The van der Waals surface area contributed by atoms with E-state index in [2.05, 4.69) is 39.4 Å². The number of aromatic nitrogens is 6. The Balaban J connectivity index is 1.05. The number of furan rings is 2. The van der Waals surface area contributed by atoms with Gasteiger partial charge < -0.3 is 28.1 Å². The first kappa shape index (κ1) is 62.4. The van der Waals surface area contributed by atoms with E-state index in [1.165, 1.54) is 48.5 Å². The van der Waals surface area contributed by atoms with Gasteiger partial charge in [-0.3, -0.25) is 0 Å². The molecule has 0 bridgehead atoms. The first-order valence-corrected chi connectivity index (χ1v) is 23.4. The van der Waals surface area contributed by atoms with Crippen LogP contribution in [-0.2, 0) is 0 Å². The summed E-state index contributed by atoms with van der Waals surface area (Å²) in [5.41, 5.74) is 0.641. The molecule has 0 aliphatic carbocycles. The number of nitrogens with zero attached hydrogens (tertiary/aromatic N) is 8. The van der Waals surface area contributed by atoms with Gasteiger partial charge in [-0.05, 0) is 48.5 Å². The molecule has 0 spiro atoms. The molecule has 38 heteroatoms. The zero-order chi connectivity index (χ0) is 63.6. The first-order valence-electron chi connectivity index (χ1n) is 23.4. The highest BCUT2D eigenvalue weighted by molar-refractivity contribution is 6.07. The largest absolute Gasteiger partial charge is 0.460 e. The third-order valence-corrected chi connectivity index (χ3v) is 13.1. The van der Waals surface area contributed by atoms with Crippen LogP contribution in [0.5, 0.6) is 12.0 Å². The molecule has 0 atom stereocenters. The molecular formula is C48H26F26N8O4.